The Bertz CT molecular complexity index is 1080. The summed E-state index contributed by atoms with van der Waals surface area (Å²) in [6.07, 6.45) is 11.5. The summed E-state index contributed by atoms with van der Waals surface area (Å²) in [4.78, 5) is 21.6. The van der Waals surface area contributed by atoms with Gasteiger partial charge in [0.15, 0.2) is 0 Å². The Labute approximate surface area is 208 Å². The maximum absolute atomic E-state index is 13.4. The Kier molecular flexibility index (Phi) is 7.63. The van der Waals surface area contributed by atoms with Crippen LogP contribution in [0.5, 0.6) is 11.5 Å². The lowest BCUT2D eigenvalue weighted by molar-refractivity contribution is 0.0107. The van der Waals surface area contributed by atoms with Gasteiger partial charge in [0.1, 0.15) is 17.1 Å². The Morgan fingerprint density at radius 2 is 2.00 bits per heavy atom. The van der Waals surface area contributed by atoms with Gasteiger partial charge in [-0.05, 0) is 64.2 Å². The van der Waals surface area contributed by atoms with Crippen LogP contribution in [0.3, 0.4) is 0 Å². The average Bonchev–Trinajstić information content (AvgIpc) is 2.82. The third-order valence-corrected chi connectivity index (χ3v) is 7.27. The van der Waals surface area contributed by atoms with E-state index >= 15 is 0 Å². The standard InChI is InChI=1S/C28H38N4O3/c1-5-6-7-9-19-17-22-24(20-16-18(2)10-11-21(20)28(3,4)35-22)25(33)23(19)26(34)29-14-15-32-27-30-12-8-13-31-27/h8,12-13,16-17,20-21,33H,5-7,9-11,14-15H2,1-4H3,(H,29,34)(H,30,31,32)/t20?,21-/m1/s1. The predicted molar refractivity (Wildman–Crippen MR) is 138 cm³/mol. The van der Waals surface area contributed by atoms with Gasteiger partial charge >= 0.3 is 0 Å². The molecule has 7 heteroatoms. The number of nitrogens with one attached hydrogen (secondary N) is 2. The topological polar surface area (TPSA) is 96.4 Å². The van der Waals surface area contributed by atoms with Gasteiger partial charge < -0.3 is 20.5 Å². The van der Waals surface area contributed by atoms with E-state index in [1.807, 2.05) is 6.07 Å². The number of unbranched alkanes of at least 4 members (excludes halogenated alkanes) is 2. The molecule has 35 heavy (non-hydrogen) atoms. The molecule has 1 aromatic heterocycles. The van der Waals surface area contributed by atoms with Crippen LogP contribution in [0.2, 0.25) is 0 Å². The van der Waals surface area contributed by atoms with Gasteiger partial charge in [-0.3, -0.25) is 4.79 Å². The Hall–Kier alpha value is -3.09. The number of allylic oxidation sites excluding steroid dienone is 2. The van der Waals surface area contributed by atoms with Crippen LogP contribution < -0.4 is 15.4 Å². The summed E-state index contributed by atoms with van der Waals surface area (Å²) >= 11 is 0. The van der Waals surface area contributed by atoms with Crippen LogP contribution in [0, 0.1) is 5.92 Å². The minimum Gasteiger partial charge on any atom is -0.507 e. The molecule has 0 saturated heterocycles. The van der Waals surface area contributed by atoms with Crippen molar-refractivity contribution in [2.24, 2.45) is 5.92 Å². The zero-order valence-corrected chi connectivity index (χ0v) is 21.4. The van der Waals surface area contributed by atoms with E-state index in [4.69, 9.17) is 4.74 Å². The number of rotatable bonds is 9. The van der Waals surface area contributed by atoms with Crippen molar-refractivity contribution in [1.82, 2.24) is 15.3 Å². The third kappa shape index (κ3) is 5.44. The molecule has 1 unspecified atom stereocenters. The number of hydrogen-bond acceptors (Lipinski definition) is 6. The first-order chi connectivity index (χ1) is 16.8. The number of carbonyl (C=O) groups excluding carboxylic acids is 1. The van der Waals surface area contributed by atoms with Crippen molar-refractivity contribution in [1.29, 1.82) is 0 Å². The number of ether oxygens (including phenoxy) is 1. The summed E-state index contributed by atoms with van der Waals surface area (Å²) < 4.78 is 6.49. The molecule has 1 aliphatic heterocycles. The summed E-state index contributed by atoms with van der Waals surface area (Å²) in [6.45, 7) is 9.45. The van der Waals surface area contributed by atoms with E-state index in [2.05, 4.69) is 54.4 Å². The van der Waals surface area contributed by atoms with Crippen molar-refractivity contribution in [2.45, 2.75) is 77.7 Å². The number of fused-ring (bicyclic) bond motifs is 3. The molecule has 0 fully saturated rings. The maximum Gasteiger partial charge on any atom is 0.255 e. The van der Waals surface area contributed by atoms with Gasteiger partial charge in [-0.2, -0.15) is 0 Å². The molecule has 0 radical (unpaired) electrons. The van der Waals surface area contributed by atoms with E-state index < -0.39 is 0 Å². The van der Waals surface area contributed by atoms with Crippen LogP contribution in [0.4, 0.5) is 5.95 Å². The quantitative estimate of drug-likeness (QED) is 0.331. The molecule has 0 spiro atoms. The fourth-order valence-corrected chi connectivity index (χ4v) is 5.46. The highest BCUT2D eigenvalue weighted by molar-refractivity contribution is 5.99. The highest BCUT2D eigenvalue weighted by Crippen LogP contribution is 2.54. The maximum atomic E-state index is 13.4. The number of hydrogen-bond donors (Lipinski definition) is 3. The Morgan fingerprint density at radius 1 is 1.23 bits per heavy atom. The van der Waals surface area contributed by atoms with Crippen LogP contribution in [-0.4, -0.2) is 39.7 Å². The normalized spacial score (nSPS) is 20.2. The lowest BCUT2D eigenvalue weighted by atomic mass is 9.67. The average molecular weight is 479 g/mol. The van der Waals surface area contributed by atoms with E-state index in [0.29, 0.717) is 30.4 Å². The zero-order valence-electron chi connectivity index (χ0n) is 21.4. The molecule has 2 aliphatic rings. The van der Waals surface area contributed by atoms with Gasteiger partial charge in [0.2, 0.25) is 5.95 Å². The number of aryl methyl sites for hydroxylation is 1. The Balaban J connectivity index is 1.63. The van der Waals surface area contributed by atoms with Gasteiger partial charge in [-0.15, -0.1) is 0 Å². The molecule has 0 saturated carbocycles. The van der Waals surface area contributed by atoms with Gasteiger partial charge in [0.05, 0.1) is 5.56 Å². The second-order valence-electron chi connectivity index (χ2n) is 10.3. The molecular weight excluding hydrogens is 440 g/mol. The van der Waals surface area contributed by atoms with E-state index in [9.17, 15) is 9.90 Å². The van der Waals surface area contributed by atoms with Gasteiger partial charge in [-0.1, -0.05) is 31.4 Å². The molecule has 2 heterocycles. The van der Waals surface area contributed by atoms with Gasteiger partial charge in [-0.25, -0.2) is 9.97 Å². The van der Waals surface area contributed by atoms with E-state index in [-0.39, 0.29) is 29.1 Å². The molecule has 1 aromatic carbocycles. The molecule has 188 valence electrons. The number of anilines is 1. The van der Waals surface area contributed by atoms with E-state index in [1.54, 1.807) is 18.5 Å². The first-order valence-electron chi connectivity index (χ1n) is 12.9. The lowest BCUT2D eigenvalue weighted by Gasteiger charge is -2.46. The fourth-order valence-electron chi connectivity index (χ4n) is 5.46. The molecule has 1 aliphatic carbocycles. The number of aromatic nitrogens is 2. The first kappa shape index (κ1) is 25.0. The number of phenols is 1. The summed E-state index contributed by atoms with van der Waals surface area (Å²) in [6, 6.07) is 3.76. The van der Waals surface area contributed by atoms with Crippen molar-refractivity contribution in [3.05, 3.63) is 52.9 Å². The number of carbonyl (C=O) groups is 1. The molecule has 3 N–H and O–H groups in total. The summed E-state index contributed by atoms with van der Waals surface area (Å²) in [7, 11) is 0. The zero-order chi connectivity index (χ0) is 25.0. The number of nitrogens with zero attached hydrogens (tertiary/aromatic N) is 2. The molecular formula is C28H38N4O3. The second-order valence-corrected chi connectivity index (χ2v) is 10.3. The number of aromatic hydroxyl groups is 1. The van der Waals surface area contributed by atoms with Crippen LogP contribution >= 0.6 is 0 Å². The van der Waals surface area contributed by atoms with Crippen molar-refractivity contribution in [3.63, 3.8) is 0 Å². The number of benzene rings is 1. The summed E-state index contributed by atoms with van der Waals surface area (Å²) in [5, 5.41) is 17.6. The third-order valence-electron chi connectivity index (χ3n) is 7.27. The van der Waals surface area contributed by atoms with Gasteiger partial charge in [0, 0.05) is 42.9 Å². The molecule has 1 amide bonds. The van der Waals surface area contributed by atoms with Crippen molar-refractivity contribution < 1.29 is 14.6 Å². The monoisotopic (exact) mass is 478 g/mol. The van der Waals surface area contributed by atoms with Crippen molar-refractivity contribution in [3.8, 4) is 11.5 Å². The molecule has 4 rings (SSSR count). The predicted octanol–water partition coefficient (Wildman–Crippen LogP) is 5.37. The van der Waals surface area contributed by atoms with Crippen LogP contribution in [0.15, 0.2) is 36.2 Å². The fraction of sp³-hybridized carbons (Fsp3) is 0.536. The minimum atomic E-state index is -0.336. The molecule has 0 bridgehead atoms. The number of amides is 1. The van der Waals surface area contributed by atoms with Crippen LogP contribution in [0.25, 0.3) is 0 Å². The van der Waals surface area contributed by atoms with Gasteiger partial charge in [0.25, 0.3) is 5.91 Å². The SMILES string of the molecule is CCCCCc1cc2c(c(O)c1C(=O)NCCNc1ncccn1)C1C=C(C)CC[C@H]1C(C)(C)O2. The lowest BCUT2D eigenvalue weighted by Crippen LogP contribution is -2.45. The van der Waals surface area contributed by atoms with Crippen molar-refractivity contribution >= 4 is 11.9 Å². The van der Waals surface area contributed by atoms with Crippen LogP contribution in [0.1, 0.15) is 87.2 Å². The summed E-state index contributed by atoms with van der Waals surface area (Å²) in [5.74, 6) is 1.33. The smallest absolute Gasteiger partial charge is 0.255 e. The first-order valence-corrected chi connectivity index (χ1v) is 12.9. The molecule has 7 nitrogen and oxygen atoms in total. The Morgan fingerprint density at radius 3 is 2.74 bits per heavy atom. The highest BCUT2D eigenvalue weighted by Gasteiger charge is 2.46. The highest BCUT2D eigenvalue weighted by atomic mass is 16.5. The van der Waals surface area contributed by atoms with E-state index in [1.165, 1.54) is 5.57 Å². The largest absolute Gasteiger partial charge is 0.507 e. The minimum absolute atomic E-state index is 0.0376. The van der Waals surface area contributed by atoms with E-state index in [0.717, 1.165) is 49.7 Å². The summed E-state index contributed by atoms with van der Waals surface area (Å²) in [5.41, 5.74) is 2.97. The molecule has 2 atom stereocenters. The molecule has 2 aromatic rings. The second kappa shape index (κ2) is 10.7. The van der Waals surface area contributed by atoms with Crippen molar-refractivity contribution in [2.75, 3.05) is 18.4 Å². The number of phenolic OH excluding ortho intramolecular Hbond substituents is 1. The van der Waals surface area contributed by atoms with Crippen LogP contribution in [-0.2, 0) is 6.42 Å².